The van der Waals surface area contributed by atoms with Crippen molar-refractivity contribution < 1.29 is 4.79 Å². The lowest BCUT2D eigenvalue weighted by atomic mass is 10.1. The molecule has 3 rings (SSSR count). The first-order chi connectivity index (χ1) is 9.17. The summed E-state index contributed by atoms with van der Waals surface area (Å²) in [6.45, 7) is 3.94. The summed E-state index contributed by atoms with van der Waals surface area (Å²) in [5.74, 6) is 0.669. The van der Waals surface area contributed by atoms with Gasteiger partial charge in [-0.15, -0.1) is 5.10 Å². The third-order valence-corrected chi connectivity index (χ3v) is 3.16. The van der Waals surface area contributed by atoms with Gasteiger partial charge >= 0.3 is 0 Å². The maximum absolute atomic E-state index is 10.9. The molecule has 0 saturated carbocycles. The van der Waals surface area contributed by atoms with Crippen LogP contribution in [0.4, 0.5) is 0 Å². The van der Waals surface area contributed by atoms with Crippen LogP contribution in [0.2, 0.25) is 0 Å². The number of carbonyl (C=O) groups excluding carboxylic acids is 1. The zero-order valence-electron chi connectivity index (χ0n) is 10.8. The van der Waals surface area contributed by atoms with Crippen molar-refractivity contribution in [3.63, 3.8) is 0 Å². The van der Waals surface area contributed by atoms with Gasteiger partial charge in [-0.2, -0.15) is 0 Å². The molecule has 0 saturated heterocycles. The Morgan fingerprint density at radius 3 is 2.58 bits per heavy atom. The van der Waals surface area contributed by atoms with E-state index in [1.807, 2.05) is 44.2 Å². The average molecular weight is 251 g/mol. The number of aldehydes is 1. The lowest BCUT2D eigenvalue weighted by Crippen LogP contribution is -1.94. The summed E-state index contributed by atoms with van der Waals surface area (Å²) in [5.41, 5.74) is 4.46. The van der Waals surface area contributed by atoms with E-state index in [1.165, 1.54) is 5.56 Å². The van der Waals surface area contributed by atoms with Crippen LogP contribution in [-0.2, 0) is 0 Å². The molecule has 0 bridgehead atoms. The lowest BCUT2D eigenvalue weighted by molar-refractivity contribution is 0.112. The van der Waals surface area contributed by atoms with Crippen molar-refractivity contribution in [2.24, 2.45) is 0 Å². The number of carbonyl (C=O) groups is 1. The van der Waals surface area contributed by atoms with Crippen LogP contribution in [0.1, 0.15) is 21.5 Å². The summed E-state index contributed by atoms with van der Waals surface area (Å²) in [6.07, 6.45) is 2.55. The number of benzene rings is 1. The van der Waals surface area contributed by atoms with E-state index in [9.17, 15) is 4.79 Å². The van der Waals surface area contributed by atoms with E-state index in [0.717, 1.165) is 23.1 Å². The van der Waals surface area contributed by atoms with Gasteiger partial charge in [-0.25, -0.2) is 9.50 Å². The van der Waals surface area contributed by atoms with Crippen LogP contribution in [0.3, 0.4) is 0 Å². The molecule has 94 valence electrons. The Morgan fingerprint density at radius 2 is 1.89 bits per heavy atom. The summed E-state index contributed by atoms with van der Waals surface area (Å²) >= 11 is 0. The zero-order chi connectivity index (χ0) is 13.4. The highest BCUT2D eigenvalue weighted by atomic mass is 16.1. The Bertz CT molecular complexity index is 757. The molecule has 0 aliphatic heterocycles. The lowest BCUT2D eigenvalue weighted by Gasteiger charge is -1.97. The van der Waals surface area contributed by atoms with E-state index in [2.05, 4.69) is 10.1 Å². The van der Waals surface area contributed by atoms with Crippen LogP contribution in [0.5, 0.6) is 0 Å². The van der Waals surface area contributed by atoms with Crippen molar-refractivity contribution >= 4 is 11.9 Å². The maximum Gasteiger partial charge on any atom is 0.182 e. The Labute approximate surface area is 110 Å². The summed E-state index contributed by atoms with van der Waals surface area (Å²) in [4.78, 5) is 15.4. The van der Waals surface area contributed by atoms with E-state index in [0.29, 0.717) is 11.4 Å². The second-order valence-corrected chi connectivity index (χ2v) is 4.63. The molecule has 2 aromatic heterocycles. The molecule has 4 nitrogen and oxygen atoms in total. The highest BCUT2D eigenvalue weighted by Gasteiger charge is 2.08. The van der Waals surface area contributed by atoms with Gasteiger partial charge in [0.2, 0.25) is 0 Å². The first-order valence-electron chi connectivity index (χ1n) is 6.06. The van der Waals surface area contributed by atoms with Gasteiger partial charge in [-0.3, -0.25) is 4.79 Å². The molecular weight excluding hydrogens is 238 g/mol. The molecule has 3 aromatic rings. The van der Waals surface area contributed by atoms with Crippen molar-refractivity contribution in [3.8, 4) is 11.4 Å². The van der Waals surface area contributed by atoms with Crippen molar-refractivity contribution in [1.82, 2.24) is 14.6 Å². The van der Waals surface area contributed by atoms with Crippen molar-refractivity contribution in [2.75, 3.05) is 0 Å². The van der Waals surface area contributed by atoms with E-state index < -0.39 is 0 Å². The average Bonchev–Trinajstić information content (AvgIpc) is 2.81. The molecule has 2 heterocycles. The highest BCUT2D eigenvalue weighted by Crippen LogP contribution is 2.18. The van der Waals surface area contributed by atoms with Gasteiger partial charge in [0.25, 0.3) is 0 Å². The maximum atomic E-state index is 10.9. The van der Waals surface area contributed by atoms with E-state index in [1.54, 1.807) is 10.7 Å². The van der Waals surface area contributed by atoms with Crippen molar-refractivity contribution in [3.05, 3.63) is 53.2 Å². The van der Waals surface area contributed by atoms with Crippen LogP contribution in [0.15, 0.2) is 36.5 Å². The second kappa shape index (κ2) is 4.31. The summed E-state index contributed by atoms with van der Waals surface area (Å²) in [5, 5.41) is 4.41. The third kappa shape index (κ3) is 2.01. The molecule has 0 N–H and O–H groups in total. The van der Waals surface area contributed by atoms with Crippen molar-refractivity contribution in [1.29, 1.82) is 0 Å². The monoisotopic (exact) mass is 251 g/mol. The highest BCUT2D eigenvalue weighted by molar-refractivity contribution is 5.77. The van der Waals surface area contributed by atoms with Crippen LogP contribution in [-0.4, -0.2) is 20.9 Å². The second-order valence-electron chi connectivity index (χ2n) is 4.63. The fourth-order valence-corrected chi connectivity index (χ4v) is 1.99. The van der Waals surface area contributed by atoms with E-state index in [4.69, 9.17) is 0 Å². The Hall–Kier alpha value is -2.49. The summed E-state index contributed by atoms with van der Waals surface area (Å²) in [7, 11) is 0. The minimum absolute atomic E-state index is 0.632. The molecule has 0 aliphatic rings. The Balaban J connectivity index is 2.16. The van der Waals surface area contributed by atoms with Gasteiger partial charge in [0.15, 0.2) is 17.8 Å². The Morgan fingerprint density at radius 1 is 1.16 bits per heavy atom. The number of fused-ring (bicyclic) bond motifs is 1. The van der Waals surface area contributed by atoms with Gasteiger partial charge < -0.3 is 0 Å². The van der Waals surface area contributed by atoms with Crippen LogP contribution >= 0.6 is 0 Å². The number of pyridine rings is 1. The van der Waals surface area contributed by atoms with E-state index in [-0.39, 0.29) is 0 Å². The molecule has 0 aliphatic carbocycles. The normalized spacial score (nSPS) is 10.8. The van der Waals surface area contributed by atoms with Gasteiger partial charge in [-0.05, 0) is 25.5 Å². The van der Waals surface area contributed by atoms with Gasteiger partial charge in [-0.1, -0.05) is 29.8 Å². The summed E-state index contributed by atoms with van der Waals surface area (Å²) < 4.78 is 1.64. The predicted octanol–water partition coefficient (Wildman–Crippen LogP) is 2.83. The SMILES string of the molecule is Cc1ccc(-c2nc3cc(C)c(C=O)cn3n2)cc1. The first kappa shape index (κ1) is 11.6. The standard InChI is InChI=1S/C15H13N3O/c1-10-3-5-12(6-4-10)15-16-14-7-11(2)13(9-19)8-18(14)17-15/h3-9H,1-2H3. The quantitative estimate of drug-likeness (QED) is 0.658. The molecule has 0 fully saturated rings. The number of hydrogen-bond donors (Lipinski definition) is 0. The van der Waals surface area contributed by atoms with Gasteiger partial charge in [0.05, 0.1) is 0 Å². The zero-order valence-corrected chi connectivity index (χ0v) is 10.8. The molecule has 0 radical (unpaired) electrons. The molecule has 0 spiro atoms. The molecule has 0 atom stereocenters. The minimum Gasteiger partial charge on any atom is -0.298 e. The minimum atomic E-state index is 0.632. The number of rotatable bonds is 2. The van der Waals surface area contributed by atoms with Crippen LogP contribution in [0.25, 0.3) is 17.0 Å². The molecule has 1 aromatic carbocycles. The van der Waals surface area contributed by atoms with Gasteiger partial charge in [0, 0.05) is 17.3 Å². The predicted molar refractivity (Wildman–Crippen MR) is 73.3 cm³/mol. The topological polar surface area (TPSA) is 47.3 Å². The number of aryl methyl sites for hydroxylation is 2. The first-order valence-corrected chi connectivity index (χ1v) is 6.06. The summed E-state index contributed by atoms with van der Waals surface area (Å²) in [6, 6.07) is 9.93. The Kier molecular flexibility index (Phi) is 2.63. The number of nitrogens with zero attached hydrogens (tertiary/aromatic N) is 3. The molecular formula is C15H13N3O. The third-order valence-electron chi connectivity index (χ3n) is 3.16. The molecule has 0 unspecified atom stereocenters. The fourth-order valence-electron chi connectivity index (χ4n) is 1.99. The van der Waals surface area contributed by atoms with Gasteiger partial charge in [0.1, 0.15) is 0 Å². The fraction of sp³-hybridized carbons (Fsp3) is 0.133. The number of aromatic nitrogens is 3. The van der Waals surface area contributed by atoms with E-state index >= 15 is 0 Å². The molecule has 19 heavy (non-hydrogen) atoms. The number of hydrogen-bond acceptors (Lipinski definition) is 3. The van der Waals surface area contributed by atoms with Crippen LogP contribution < -0.4 is 0 Å². The van der Waals surface area contributed by atoms with Crippen molar-refractivity contribution in [2.45, 2.75) is 13.8 Å². The van der Waals surface area contributed by atoms with Crippen LogP contribution in [0, 0.1) is 13.8 Å². The largest absolute Gasteiger partial charge is 0.298 e. The molecule has 4 heteroatoms. The molecule has 0 amide bonds. The smallest absolute Gasteiger partial charge is 0.182 e.